The first-order valence-corrected chi connectivity index (χ1v) is 10.4. The Hall–Kier alpha value is -2.88. The third-order valence-corrected chi connectivity index (χ3v) is 5.86. The molecule has 0 aliphatic carbocycles. The highest BCUT2D eigenvalue weighted by Crippen LogP contribution is 2.29. The Kier molecular flexibility index (Phi) is 4.69. The highest BCUT2D eigenvalue weighted by molar-refractivity contribution is 5.65. The van der Waals surface area contributed by atoms with Gasteiger partial charge in [0.1, 0.15) is 5.82 Å². The van der Waals surface area contributed by atoms with Crippen molar-refractivity contribution in [3.63, 3.8) is 0 Å². The van der Waals surface area contributed by atoms with Crippen LogP contribution in [0.2, 0.25) is 0 Å². The van der Waals surface area contributed by atoms with E-state index >= 15 is 0 Å². The van der Waals surface area contributed by atoms with E-state index < -0.39 is 0 Å². The van der Waals surface area contributed by atoms with Gasteiger partial charge in [-0.05, 0) is 36.8 Å². The van der Waals surface area contributed by atoms with Crippen LogP contribution < -0.4 is 9.80 Å². The smallest absolute Gasteiger partial charge is 0.228 e. The van der Waals surface area contributed by atoms with E-state index in [0.29, 0.717) is 0 Å². The summed E-state index contributed by atoms with van der Waals surface area (Å²) in [5.41, 5.74) is 5.02. The van der Waals surface area contributed by atoms with E-state index in [1.54, 1.807) is 0 Å². The van der Waals surface area contributed by atoms with Gasteiger partial charge in [-0.3, -0.25) is 0 Å². The Bertz CT molecular complexity index is 948. The van der Waals surface area contributed by atoms with Crippen molar-refractivity contribution in [2.24, 2.45) is 0 Å². The predicted molar refractivity (Wildman–Crippen MR) is 115 cm³/mol. The normalized spacial score (nSPS) is 16.7. The van der Waals surface area contributed by atoms with Crippen LogP contribution in [0.4, 0.5) is 11.8 Å². The summed E-state index contributed by atoms with van der Waals surface area (Å²) in [7, 11) is 0. The Balaban J connectivity index is 1.53. The highest BCUT2D eigenvalue weighted by Gasteiger charge is 2.21. The quantitative estimate of drug-likeness (QED) is 0.669. The van der Waals surface area contributed by atoms with Gasteiger partial charge in [-0.25, -0.2) is 4.98 Å². The molecule has 3 aromatic rings. The number of nitrogens with zero attached hydrogens (tertiary/aromatic N) is 4. The minimum absolute atomic E-state index is 0.858. The fraction of sp³-hybridized carbons (Fsp3) is 0.333. The molecule has 1 saturated heterocycles. The van der Waals surface area contributed by atoms with E-state index in [-0.39, 0.29) is 0 Å². The number of benzene rings is 2. The molecule has 4 nitrogen and oxygen atoms in total. The van der Waals surface area contributed by atoms with Gasteiger partial charge < -0.3 is 9.80 Å². The van der Waals surface area contributed by atoms with Gasteiger partial charge in [0.15, 0.2) is 0 Å². The molecule has 0 amide bonds. The van der Waals surface area contributed by atoms with Crippen molar-refractivity contribution in [2.75, 3.05) is 29.4 Å². The van der Waals surface area contributed by atoms with Crippen molar-refractivity contribution in [3.05, 3.63) is 71.8 Å². The largest absolute Gasteiger partial charge is 0.356 e. The molecule has 0 bridgehead atoms. The molecule has 2 aromatic carbocycles. The second kappa shape index (κ2) is 7.63. The summed E-state index contributed by atoms with van der Waals surface area (Å²) in [6.45, 7) is 4.03. The van der Waals surface area contributed by atoms with E-state index in [1.165, 1.54) is 30.4 Å². The minimum Gasteiger partial charge on any atom is -0.356 e. The zero-order valence-electron chi connectivity index (χ0n) is 16.2. The molecule has 0 atom stereocenters. The molecule has 0 radical (unpaired) electrons. The lowest BCUT2D eigenvalue weighted by molar-refractivity contribution is 0.572. The van der Waals surface area contributed by atoms with Crippen molar-refractivity contribution in [1.29, 1.82) is 0 Å². The monoisotopic (exact) mass is 370 g/mol. The summed E-state index contributed by atoms with van der Waals surface area (Å²) in [6, 6.07) is 21.4. The average molecular weight is 370 g/mol. The number of hydrogen-bond acceptors (Lipinski definition) is 4. The first kappa shape index (κ1) is 17.2. The lowest BCUT2D eigenvalue weighted by Crippen LogP contribution is -2.34. The van der Waals surface area contributed by atoms with E-state index in [2.05, 4.69) is 70.5 Å². The van der Waals surface area contributed by atoms with Gasteiger partial charge in [0, 0.05) is 37.8 Å². The van der Waals surface area contributed by atoms with E-state index in [9.17, 15) is 0 Å². The second-order valence-corrected chi connectivity index (χ2v) is 7.77. The zero-order chi connectivity index (χ0) is 18.8. The molecule has 1 aromatic heterocycles. The number of hydrogen-bond donors (Lipinski definition) is 0. The van der Waals surface area contributed by atoms with Gasteiger partial charge in [-0.1, -0.05) is 54.6 Å². The standard InChI is InChI=1S/C24H26N4/c1-3-10-20(11-4-1)22-17-23(27-14-7-2-8-15-27)26-24(25-22)28-16-13-19-9-5-6-12-21(19)18-28/h1,3-6,9-12,17H,2,7-8,13-16,18H2. The van der Waals surface area contributed by atoms with Crippen LogP contribution in [0.3, 0.4) is 0 Å². The summed E-state index contributed by atoms with van der Waals surface area (Å²) in [5.74, 6) is 1.93. The average Bonchev–Trinajstić information content (AvgIpc) is 2.79. The maximum atomic E-state index is 5.02. The van der Waals surface area contributed by atoms with Crippen molar-refractivity contribution in [2.45, 2.75) is 32.2 Å². The molecule has 0 saturated carbocycles. The fourth-order valence-electron chi connectivity index (χ4n) is 4.27. The number of anilines is 2. The van der Waals surface area contributed by atoms with Crippen LogP contribution in [0.15, 0.2) is 60.7 Å². The van der Waals surface area contributed by atoms with Crippen molar-refractivity contribution < 1.29 is 0 Å². The molecular weight excluding hydrogens is 344 g/mol. The molecule has 2 aliphatic rings. The summed E-state index contributed by atoms with van der Waals surface area (Å²) in [4.78, 5) is 14.8. The van der Waals surface area contributed by atoms with Crippen LogP contribution in [-0.2, 0) is 13.0 Å². The third-order valence-electron chi connectivity index (χ3n) is 5.86. The van der Waals surface area contributed by atoms with Gasteiger partial charge >= 0.3 is 0 Å². The Labute approximate surface area is 166 Å². The predicted octanol–water partition coefficient (Wildman–Crippen LogP) is 4.70. The molecule has 5 rings (SSSR count). The highest BCUT2D eigenvalue weighted by atomic mass is 15.3. The summed E-state index contributed by atoms with van der Waals surface area (Å²) in [6.07, 6.45) is 4.87. The van der Waals surface area contributed by atoms with Gasteiger partial charge in [0.25, 0.3) is 0 Å². The van der Waals surface area contributed by atoms with Crippen LogP contribution in [-0.4, -0.2) is 29.6 Å². The molecule has 0 spiro atoms. The molecule has 1 fully saturated rings. The van der Waals surface area contributed by atoms with E-state index in [0.717, 1.165) is 55.6 Å². The molecule has 4 heteroatoms. The number of rotatable bonds is 3. The third kappa shape index (κ3) is 3.47. The Morgan fingerprint density at radius 3 is 2.25 bits per heavy atom. The first-order valence-electron chi connectivity index (χ1n) is 10.4. The summed E-state index contributed by atoms with van der Waals surface area (Å²) < 4.78 is 0. The van der Waals surface area contributed by atoms with Crippen molar-refractivity contribution >= 4 is 11.8 Å². The molecule has 0 N–H and O–H groups in total. The van der Waals surface area contributed by atoms with E-state index in [4.69, 9.17) is 9.97 Å². The van der Waals surface area contributed by atoms with Gasteiger partial charge in [0.05, 0.1) is 5.69 Å². The van der Waals surface area contributed by atoms with Gasteiger partial charge in [-0.2, -0.15) is 4.98 Å². The topological polar surface area (TPSA) is 32.3 Å². The molecular formula is C24H26N4. The van der Waals surface area contributed by atoms with Crippen LogP contribution in [0.1, 0.15) is 30.4 Å². The number of piperidine rings is 1. The Morgan fingerprint density at radius 2 is 1.43 bits per heavy atom. The van der Waals surface area contributed by atoms with Crippen LogP contribution in [0.25, 0.3) is 11.3 Å². The molecule has 28 heavy (non-hydrogen) atoms. The summed E-state index contributed by atoms with van der Waals surface area (Å²) in [5, 5.41) is 0. The molecule has 142 valence electrons. The maximum Gasteiger partial charge on any atom is 0.228 e. The van der Waals surface area contributed by atoms with Gasteiger partial charge in [0.2, 0.25) is 5.95 Å². The Morgan fingerprint density at radius 1 is 0.679 bits per heavy atom. The van der Waals surface area contributed by atoms with Crippen molar-refractivity contribution in [1.82, 2.24) is 9.97 Å². The zero-order valence-corrected chi connectivity index (χ0v) is 16.2. The maximum absolute atomic E-state index is 5.02. The number of aromatic nitrogens is 2. The van der Waals surface area contributed by atoms with E-state index in [1.807, 2.05) is 0 Å². The lowest BCUT2D eigenvalue weighted by atomic mass is 10.0. The van der Waals surface area contributed by atoms with Crippen LogP contribution in [0, 0.1) is 0 Å². The van der Waals surface area contributed by atoms with Gasteiger partial charge in [-0.15, -0.1) is 0 Å². The van der Waals surface area contributed by atoms with Crippen LogP contribution >= 0.6 is 0 Å². The first-order chi connectivity index (χ1) is 13.9. The molecule has 2 aliphatic heterocycles. The molecule has 0 unspecified atom stereocenters. The number of fused-ring (bicyclic) bond motifs is 1. The molecule has 3 heterocycles. The lowest BCUT2D eigenvalue weighted by Gasteiger charge is -2.32. The SMILES string of the molecule is c1ccc(-c2cc(N3CCCCC3)nc(N3CCc4ccccc4C3)n2)cc1. The fourth-order valence-corrected chi connectivity index (χ4v) is 4.27. The minimum atomic E-state index is 0.858. The van der Waals surface area contributed by atoms with Crippen LogP contribution in [0.5, 0.6) is 0 Å². The summed E-state index contributed by atoms with van der Waals surface area (Å²) >= 11 is 0. The second-order valence-electron chi connectivity index (χ2n) is 7.77. The van der Waals surface area contributed by atoms with Crippen molar-refractivity contribution in [3.8, 4) is 11.3 Å².